The molecule has 0 bridgehead atoms. The van der Waals surface area contributed by atoms with Crippen molar-refractivity contribution < 1.29 is 0 Å². The van der Waals surface area contributed by atoms with Crippen LogP contribution in [0.2, 0.25) is 0 Å². The summed E-state index contributed by atoms with van der Waals surface area (Å²) in [5.74, 6) is 0.937. The smallest absolute Gasteiger partial charge is 0.191 e. The van der Waals surface area contributed by atoms with Gasteiger partial charge >= 0.3 is 0 Å². The van der Waals surface area contributed by atoms with Gasteiger partial charge in [-0.2, -0.15) is 0 Å². The molecule has 1 aromatic heterocycles. The van der Waals surface area contributed by atoms with E-state index >= 15 is 0 Å². The molecule has 5 nitrogen and oxygen atoms in total. The van der Waals surface area contributed by atoms with Crippen molar-refractivity contribution in [2.75, 3.05) is 26.2 Å². The Morgan fingerprint density at radius 1 is 1.30 bits per heavy atom. The predicted molar refractivity (Wildman–Crippen MR) is 99.3 cm³/mol. The zero-order valence-electron chi connectivity index (χ0n) is 15.0. The van der Waals surface area contributed by atoms with Crippen LogP contribution in [0.1, 0.15) is 48.7 Å². The highest BCUT2D eigenvalue weighted by molar-refractivity contribution is 7.11. The molecule has 0 spiro atoms. The molecule has 0 amide bonds. The fraction of sp³-hybridized carbons (Fsp3) is 0.765. The van der Waals surface area contributed by atoms with Gasteiger partial charge in [0.1, 0.15) is 0 Å². The molecule has 0 aromatic carbocycles. The van der Waals surface area contributed by atoms with Crippen LogP contribution in [-0.4, -0.2) is 48.1 Å². The molecule has 0 atom stereocenters. The fourth-order valence-corrected chi connectivity index (χ4v) is 3.86. The quantitative estimate of drug-likeness (QED) is 0.619. The minimum absolute atomic E-state index is 0.533. The van der Waals surface area contributed by atoms with Crippen LogP contribution in [0.3, 0.4) is 0 Å². The average Bonchev–Trinajstić information content (AvgIpc) is 2.85. The third-order valence-electron chi connectivity index (χ3n) is 4.19. The van der Waals surface area contributed by atoms with Gasteiger partial charge in [-0.15, -0.1) is 11.3 Å². The summed E-state index contributed by atoms with van der Waals surface area (Å²) in [5, 5.41) is 8.10. The third kappa shape index (κ3) is 5.77. The van der Waals surface area contributed by atoms with Crippen molar-refractivity contribution in [1.82, 2.24) is 20.5 Å². The number of hydrogen-bond donors (Lipinski definition) is 2. The molecule has 6 heteroatoms. The summed E-state index contributed by atoms with van der Waals surface area (Å²) >= 11 is 1.75. The van der Waals surface area contributed by atoms with Crippen LogP contribution in [0.25, 0.3) is 0 Å². The number of thiazole rings is 1. The molecule has 130 valence electrons. The third-order valence-corrected chi connectivity index (χ3v) is 5.25. The van der Waals surface area contributed by atoms with E-state index in [1.807, 2.05) is 0 Å². The normalized spacial score (nSPS) is 17.5. The first-order valence-corrected chi connectivity index (χ1v) is 9.64. The van der Waals surface area contributed by atoms with Crippen LogP contribution in [0.5, 0.6) is 0 Å². The van der Waals surface area contributed by atoms with Crippen molar-refractivity contribution in [3.05, 3.63) is 15.6 Å². The lowest BCUT2D eigenvalue weighted by Crippen LogP contribution is -2.48. The molecule has 1 aliphatic rings. The molecule has 0 radical (unpaired) electrons. The maximum atomic E-state index is 4.76. The van der Waals surface area contributed by atoms with Crippen molar-refractivity contribution in [1.29, 1.82) is 0 Å². The number of aromatic nitrogens is 1. The summed E-state index contributed by atoms with van der Waals surface area (Å²) in [6.45, 7) is 13.7. The van der Waals surface area contributed by atoms with Gasteiger partial charge in [-0.25, -0.2) is 9.98 Å². The van der Waals surface area contributed by atoms with Crippen LogP contribution >= 0.6 is 11.3 Å². The first-order valence-electron chi connectivity index (χ1n) is 8.82. The maximum Gasteiger partial charge on any atom is 0.191 e. The van der Waals surface area contributed by atoms with Crippen molar-refractivity contribution in [2.24, 2.45) is 4.99 Å². The minimum Gasteiger partial charge on any atom is -0.357 e. The largest absolute Gasteiger partial charge is 0.357 e. The Morgan fingerprint density at radius 2 is 2.04 bits per heavy atom. The summed E-state index contributed by atoms with van der Waals surface area (Å²) in [6, 6.07) is 0.533. The van der Waals surface area contributed by atoms with E-state index in [0.717, 1.165) is 23.2 Å². The maximum absolute atomic E-state index is 4.76. The second-order valence-electron chi connectivity index (χ2n) is 6.20. The number of nitrogens with one attached hydrogen (secondary N) is 2. The Bertz CT molecular complexity index is 503. The molecular formula is C17H31N5S. The number of guanidine groups is 1. The van der Waals surface area contributed by atoms with Gasteiger partial charge in [0.15, 0.2) is 5.96 Å². The lowest BCUT2D eigenvalue weighted by Gasteiger charge is -2.32. The summed E-state index contributed by atoms with van der Waals surface area (Å²) < 4.78 is 0. The molecule has 0 aliphatic carbocycles. The number of aryl methyl sites for hydroxylation is 2. The van der Waals surface area contributed by atoms with Gasteiger partial charge in [0, 0.05) is 30.6 Å². The monoisotopic (exact) mass is 337 g/mol. The molecule has 2 heterocycles. The van der Waals surface area contributed by atoms with E-state index in [1.54, 1.807) is 11.3 Å². The van der Waals surface area contributed by atoms with Crippen molar-refractivity contribution >= 4 is 17.3 Å². The molecule has 23 heavy (non-hydrogen) atoms. The zero-order valence-corrected chi connectivity index (χ0v) is 15.8. The fourth-order valence-electron chi connectivity index (χ4n) is 3.00. The molecule has 1 aliphatic heterocycles. The van der Waals surface area contributed by atoms with Crippen LogP contribution in [0.15, 0.2) is 4.99 Å². The van der Waals surface area contributed by atoms with Crippen molar-refractivity contribution in [2.45, 2.75) is 59.5 Å². The molecule has 2 rings (SSSR count). The molecule has 0 unspecified atom stereocenters. The van der Waals surface area contributed by atoms with Crippen LogP contribution < -0.4 is 10.6 Å². The van der Waals surface area contributed by atoms with Gasteiger partial charge in [0.2, 0.25) is 0 Å². The Hall–Kier alpha value is -1.14. The predicted octanol–water partition coefficient (Wildman–Crippen LogP) is 2.69. The molecular weight excluding hydrogens is 306 g/mol. The second kappa shape index (κ2) is 9.23. The number of piperidine rings is 1. The molecule has 2 N–H and O–H groups in total. The first-order chi connectivity index (χ1) is 11.1. The number of nitrogens with zero attached hydrogens (tertiary/aromatic N) is 3. The zero-order chi connectivity index (χ0) is 16.7. The Morgan fingerprint density at radius 3 is 2.61 bits per heavy atom. The standard InChI is InChI=1S/C17H31N5S/c1-5-9-22-10-7-15(8-11-22)21-17(18-6-2)19-12-16-13(3)20-14(4)23-16/h15H,5-12H2,1-4H3,(H2,18,19,21). The molecule has 1 aromatic rings. The SMILES string of the molecule is CCCN1CCC(NC(=NCc2sc(C)nc2C)NCC)CC1. The van der Waals surface area contributed by atoms with E-state index in [0.29, 0.717) is 12.6 Å². The highest BCUT2D eigenvalue weighted by Crippen LogP contribution is 2.18. The lowest BCUT2D eigenvalue weighted by atomic mass is 10.1. The number of likely N-dealkylation sites (tertiary alicyclic amines) is 1. The number of rotatable bonds is 6. The Balaban J connectivity index is 1.88. The summed E-state index contributed by atoms with van der Waals surface area (Å²) in [5.41, 5.74) is 1.11. The van der Waals surface area contributed by atoms with Gasteiger partial charge < -0.3 is 15.5 Å². The van der Waals surface area contributed by atoms with E-state index in [2.05, 4.69) is 48.2 Å². The summed E-state index contributed by atoms with van der Waals surface area (Å²) in [7, 11) is 0. The van der Waals surface area contributed by atoms with Crippen molar-refractivity contribution in [3.8, 4) is 0 Å². The van der Waals surface area contributed by atoms with Gasteiger partial charge in [-0.1, -0.05) is 6.92 Å². The summed E-state index contributed by atoms with van der Waals surface area (Å²) in [4.78, 5) is 13.1. The van der Waals surface area contributed by atoms with Gasteiger partial charge in [0.25, 0.3) is 0 Å². The Kier molecular flexibility index (Phi) is 7.30. The van der Waals surface area contributed by atoms with Crippen molar-refractivity contribution in [3.63, 3.8) is 0 Å². The molecule has 0 saturated carbocycles. The van der Waals surface area contributed by atoms with E-state index < -0.39 is 0 Å². The highest BCUT2D eigenvalue weighted by Gasteiger charge is 2.19. The summed E-state index contributed by atoms with van der Waals surface area (Å²) in [6.07, 6.45) is 3.64. The number of aliphatic imine (C=N–C) groups is 1. The van der Waals surface area contributed by atoms with E-state index in [9.17, 15) is 0 Å². The van der Waals surface area contributed by atoms with Gasteiger partial charge in [-0.3, -0.25) is 0 Å². The van der Waals surface area contributed by atoms with E-state index in [1.165, 1.54) is 43.8 Å². The minimum atomic E-state index is 0.533. The molecule has 1 saturated heterocycles. The first kappa shape index (κ1) is 18.2. The second-order valence-corrected chi connectivity index (χ2v) is 7.48. The highest BCUT2D eigenvalue weighted by atomic mass is 32.1. The molecule has 1 fully saturated rings. The van der Waals surface area contributed by atoms with Crippen LogP contribution in [0, 0.1) is 13.8 Å². The number of hydrogen-bond acceptors (Lipinski definition) is 4. The van der Waals surface area contributed by atoms with Gasteiger partial charge in [0.05, 0.1) is 17.2 Å². The topological polar surface area (TPSA) is 52.5 Å². The Labute approximate surface area is 144 Å². The van der Waals surface area contributed by atoms with Crippen LogP contribution in [-0.2, 0) is 6.54 Å². The van der Waals surface area contributed by atoms with Crippen LogP contribution in [0.4, 0.5) is 0 Å². The van der Waals surface area contributed by atoms with E-state index in [4.69, 9.17) is 4.99 Å². The average molecular weight is 338 g/mol. The van der Waals surface area contributed by atoms with Gasteiger partial charge in [-0.05, 0) is 46.6 Å². The lowest BCUT2D eigenvalue weighted by molar-refractivity contribution is 0.206. The van der Waals surface area contributed by atoms with E-state index in [-0.39, 0.29) is 0 Å².